The Morgan fingerprint density at radius 1 is 1.03 bits per heavy atom. The number of H-pyrrole nitrogens is 1. The number of carboxylic acid groups (broad SMARTS) is 1. The van der Waals surface area contributed by atoms with Crippen LogP contribution in [0.3, 0.4) is 0 Å². The van der Waals surface area contributed by atoms with E-state index in [-0.39, 0.29) is 37.7 Å². The Kier molecular flexibility index (Phi) is 11.5. The van der Waals surface area contributed by atoms with Gasteiger partial charge >= 0.3 is 5.97 Å². The van der Waals surface area contributed by atoms with Gasteiger partial charge in [0.2, 0.25) is 17.7 Å². The van der Waals surface area contributed by atoms with Gasteiger partial charge in [0, 0.05) is 23.6 Å². The van der Waals surface area contributed by atoms with E-state index < -0.39 is 48.4 Å². The molecule has 1 aromatic heterocycles. The number of carboxylic acids is 1. The van der Waals surface area contributed by atoms with Gasteiger partial charge in [0.15, 0.2) is 5.96 Å². The van der Waals surface area contributed by atoms with Crippen LogP contribution in [-0.2, 0) is 25.6 Å². The number of aromatic nitrogens is 1. The van der Waals surface area contributed by atoms with E-state index in [2.05, 4.69) is 25.9 Å². The molecule has 0 spiro atoms. The standard InChI is InChI=1S/C25H38N8O5/c1-14(2)10-20(23(37)31-13-21(34)35)33-24(38)19(8-5-9-29-25(27)28)32-22(36)17(26)11-15-12-30-18-7-4-3-6-16(15)18/h3-4,6-7,12,14,17,19-20,30H,5,8-11,13,26H2,1-2H3,(H,31,37)(H,32,36)(H,33,38)(H,34,35)(H4,27,28,29). The molecule has 13 nitrogen and oxygen atoms in total. The molecule has 13 heteroatoms. The summed E-state index contributed by atoms with van der Waals surface area (Å²) in [7, 11) is 0. The molecule has 2 aromatic rings. The van der Waals surface area contributed by atoms with E-state index in [1.165, 1.54) is 0 Å². The van der Waals surface area contributed by atoms with Crippen molar-refractivity contribution in [1.29, 1.82) is 0 Å². The van der Waals surface area contributed by atoms with Crippen molar-refractivity contribution in [3.05, 3.63) is 36.0 Å². The molecule has 3 amide bonds. The van der Waals surface area contributed by atoms with Crippen molar-refractivity contribution in [1.82, 2.24) is 20.9 Å². The Balaban J connectivity index is 2.12. The molecule has 0 saturated heterocycles. The van der Waals surface area contributed by atoms with Crippen molar-refractivity contribution >= 4 is 40.6 Å². The zero-order chi connectivity index (χ0) is 28.2. The van der Waals surface area contributed by atoms with Gasteiger partial charge in [0.05, 0.1) is 6.04 Å². The number of para-hydroxylation sites is 1. The van der Waals surface area contributed by atoms with Crippen LogP contribution in [0, 0.1) is 5.92 Å². The van der Waals surface area contributed by atoms with Crippen molar-refractivity contribution in [2.75, 3.05) is 13.1 Å². The lowest BCUT2D eigenvalue weighted by Gasteiger charge is -2.25. The fraction of sp³-hybridized carbons (Fsp3) is 0.480. The maximum absolute atomic E-state index is 13.2. The highest BCUT2D eigenvalue weighted by molar-refractivity contribution is 5.94. The molecule has 0 aliphatic heterocycles. The van der Waals surface area contributed by atoms with E-state index in [4.69, 9.17) is 22.3 Å². The number of nitrogens with two attached hydrogens (primary N) is 3. The first-order valence-electron chi connectivity index (χ1n) is 12.4. The molecule has 208 valence electrons. The van der Waals surface area contributed by atoms with Gasteiger partial charge in [-0.2, -0.15) is 0 Å². The van der Waals surface area contributed by atoms with Crippen molar-refractivity contribution in [3.8, 4) is 0 Å². The van der Waals surface area contributed by atoms with Gasteiger partial charge < -0.3 is 43.2 Å². The Labute approximate surface area is 221 Å². The third kappa shape index (κ3) is 9.73. The highest BCUT2D eigenvalue weighted by Gasteiger charge is 2.29. The Morgan fingerprint density at radius 2 is 1.71 bits per heavy atom. The summed E-state index contributed by atoms with van der Waals surface area (Å²) >= 11 is 0. The summed E-state index contributed by atoms with van der Waals surface area (Å²) < 4.78 is 0. The molecule has 3 unspecified atom stereocenters. The second kappa shape index (κ2) is 14.6. The summed E-state index contributed by atoms with van der Waals surface area (Å²) in [6.07, 6.45) is 2.86. The molecule has 1 heterocycles. The van der Waals surface area contributed by atoms with Crippen molar-refractivity contribution in [2.45, 2.75) is 57.7 Å². The Morgan fingerprint density at radius 3 is 2.37 bits per heavy atom. The molecular formula is C25H38N8O5. The number of aliphatic imine (C=N–C) groups is 1. The van der Waals surface area contributed by atoms with Crippen molar-refractivity contribution in [3.63, 3.8) is 0 Å². The Bertz CT molecular complexity index is 1140. The van der Waals surface area contributed by atoms with Crippen LogP contribution in [0.5, 0.6) is 0 Å². The second-order valence-electron chi connectivity index (χ2n) is 9.48. The minimum atomic E-state index is -1.21. The van der Waals surface area contributed by atoms with Crippen LogP contribution in [0.1, 0.15) is 38.7 Å². The van der Waals surface area contributed by atoms with E-state index >= 15 is 0 Å². The fourth-order valence-electron chi connectivity index (χ4n) is 3.94. The number of hydrogen-bond donors (Lipinski definition) is 8. The van der Waals surface area contributed by atoms with Gasteiger partial charge in [-0.15, -0.1) is 0 Å². The first-order chi connectivity index (χ1) is 18.0. The number of carbonyl (C=O) groups excluding carboxylic acids is 3. The summed E-state index contributed by atoms with van der Waals surface area (Å²) in [5.74, 6) is -3.04. The van der Waals surface area contributed by atoms with Crippen LogP contribution in [0.2, 0.25) is 0 Å². The predicted octanol–water partition coefficient (Wildman–Crippen LogP) is -0.692. The fourth-order valence-corrected chi connectivity index (χ4v) is 3.94. The van der Waals surface area contributed by atoms with Gasteiger partial charge in [-0.1, -0.05) is 32.0 Å². The van der Waals surface area contributed by atoms with Crippen LogP contribution in [0.15, 0.2) is 35.5 Å². The Hall–Kier alpha value is -4.13. The molecule has 3 atom stereocenters. The van der Waals surface area contributed by atoms with Crippen molar-refractivity contribution in [2.24, 2.45) is 28.1 Å². The minimum absolute atomic E-state index is 0.0235. The van der Waals surface area contributed by atoms with E-state index in [0.717, 1.165) is 16.5 Å². The third-order valence-electron chi connectivity index (χ3n) is 5.78. The summed E-state index contributed by atoms with van der Waals surface area (Å²) in [6.45, 7) is 3.38. The number of nitrogens with one attached hydrogen (secondary N) is 4. The number of fused-ring (bicyclic) bond motifs is 1. The van der Waals surface area contributed by atoms with E-state index in [9.17, 15) is 19.2 Å². The number of nitrogens with zero attached hydrogens (tertiary/aromatic N) is 1. The van der Waals surface area contributed by atoms with Gasteiger partial charge in [-0.05, 0) is 43.2 Å². The van der Waals surface area contributed by atoms with Crippen LogP contribution in [0.25, 0.3) is 10.9 Å². The molecule has 1 aromatic carbocycles. The monoisotopic (exact) mass is 530 g/mol. The lowest BCUT2D eigenvalue weighted by Crippen LogP contribution is -2.56. The molecule has 0 aliphatic carbocycles. The lowest BCUT2D eigenvalue weighted by atomic mass is 10.0. The average Bonchev–Trinajstić information content (AvgIpc) is 3.25. The smallest absolute Gasteiger partial charge is 0.322 e. The van der Waals surface area contributed by atoms with Gasteiger partial charge in [-0.25, -0.2) is 0 Å². The SMILES string of the molecule is CC(C)CC(NC(=O)C(CCCN=C(N)N)NC(=O)C(N)Cc1c[nH]c2ccccc12)C(=O)NCC(=O)O. The van der Waals surface area contributed by atoms with Gasteiger partial charge in [0.1, 0.15) is 18.6 Å². The maximum atomic E-state index is 13.2. The predicted molar refractivity (Wildman–Crippen MR) is 144 cm³/mol. The lowest BCUT2D eigenvalue weighted by molar-refractivity contribution is -0.138. The summed E-state index contributed by atoms with van der Waals surface area (Å²) in [5.41, 5.74) is 18.7. The van der Waals surface area contributed by atoms with Crippen LogP contribution in [0.4, 0.5) is 0 Å². The number of carbonyl (C=O) groups is 4. The number of rotatable bonds is 15. The first-order valence-corrected chi connectivity index (χ1v) is 12.4. The van der Waals surface area contributed by atoms with E-state index in [0.29, 0.717) is 6.42 Å². The molecule has 11 N–H and O–H groups in total. The number of aliphatic carboxylic acids is 1. The first kappa shape index (κ1) is 30.1. The molecule has 0 aliphatic rings. The number of hydrogen-bond acceptors (Lipinski definition) is 6. The number of amides is 3. The van der Waals surface area contributed by atoms with Crippen molar-refractivity contribution < 1.29 is 24.3 Å². The van der Waals surface area contributed by atoms with Gasteiger partial charge in [0.25, 0.3) is 0 Å². The number of benzene rings is 1. The average molecular weight is 531 g/mol. The zero-order valence-electron chi connectivity index (χ0n) is 21.7. The molecule has 0 fully saturated rings. The number of aromatic amines is 1. The zero-order valence-corrected chi connectivity index (χ0v) is 21.7. The largest absolute Gasteiger partial charge is 0.480 e. The summed E-state index contributed by atoms with van der Waals surface area (Å²) in [6, 6.07) is 4.69. The molecule has 38 heavy (non-hydrogen) atoms. The van der Waals surface area contributed by atoms with E-state index in [1.54, 1.807) is 6.20 Å². The molecule has 2 rings (SSSR count). The van der Waals surface area contributed by atoms with Crippen LogP contribution >= 0.6 is 0 Å². The van der Waals surface area contributed by atoms with Gasteiger partial charge in [-0.3, -0.25) is 24.2 Å². The van der Waals surface area contributed by atoms with Crippen LogP contribution < -0.4 is 33.2 Å². The van der Waals surface area contributed by atoms with Crippen LogP contribution in [-0.4, -0.2) is 71.0 Å². The topological polar surface area (TPSA) is 231 Å². The molecule has 0 saturated carbocycles. The normalized spacial score (nSPS) is 13.4. The summed E-state index contributed by atoms with van der Waals surface area (Å²) in [5, 5.41) is 17.4. The number of guanidine groups is 1. The minimum Gasteiger partial charge on any atom is -0.480 e. The highest BCUT2D eigenvalue weighted by atomic mass is 16.4. The molecule has 0 radical (unpaired) electrons. The third-order valence-corrected chi connectivity index (χ3v) is 5.78. The second-order valence-corrected chi connectivity index (χ2v) is 9.48. The quantitative estimate of drug-likeness (QED) is 0.0832. The summed E-state index contributed by atoms with van der Waals surface area (Å²) in [4.78, 5) is 56.6. The molecular weight excluding hydrogens is 492 g/mol. The molecule has 0 bridgehead atoms. The maximum Gasteiger partial charge on any atom is 0.322 e. The highest BCUT2D eigenvalue weighted by Crippen LogP contribution is 2.19. The van der Waals surface area contributed by atoms with E-state index in [1.807, 2.05) is 38.1 Å².